The zero-order chi connectivity index (χ0) is 26.1. The van der Waals surface area contributed by atoms with Crippen molar-refractivity contribution in [3.8, 4) is 11.5 Å². The molecule has 2 aromatic carbocycles. The Balaban J connectivity index is 1.81. The molecule has 3 amide bonds. The van der Waals surface area contributed by atoms with Gasteiger partial charge < -0.3 is 15.1 Å². The van der Waals surface area contributed by atoms with Gasteiger partial charge in [0.1, 0.15) is 5.82 Å². The van der Waals surface area contributed by atoms with Crippen LogP contribution in [0.3, 0.4) is 0 Å². The highest BCUT2D eigenvalue weighted by molar-refractivity contribution is 7.94. The highest BCUT2D eigenvalue weighted by Crippen LogP contribution is 2.39. The van der Waals surface area contributed by atoms with Crippen molar-refractivity contribution in [3.05, 3.63) is 71.4 Å². The van der Waals surface area contributed by atoms with Crippen molar-refractivity contribution >= 4 is 21.7 Å². The maximum atomic E-state index is 15.4. The van der Waals surface area contributed by atoms with Gasteiger partial charge in [-0.25, -0.2) is 13.4 Å². The molecule has 1 fully saturated rings. The van der Waals surface area contributed by atoms with E-state index in [1.54, 1.807) is 30.3 Å². The third kappa shape index (κ3) is 4.96. The number of nitrogens with zero attached hydrogens (tertiary/aromatic N) is 4. The lowest BCUT2D eigenvalue weighted by molar-refractivity contribution is -0.115. The van der Waals surface area contributed by atoms with Crippen molar-refractivity contribution < 1.29 is 31.4 Å². The molecule has 13 heteroatoms. The average molecular weight is 522 g/mol. The number of halogens is 3. The lowest BCUT2D eigenvalue weighted by atomic mass is 9.83. The summed E-state index contributed by atoms with van der Waals surface area (Å²) in [6.45, 7) is 1.13. The Morgan fingerprint density at radius 3 is 2.53 bits per heavy atom. The van der Waals surface area contributed by atoms with Crippen molar-refractivity contribution in [2.75, 3.05) is 18.1 Å². The Bertz CT molecular complexity index is 1420. The fourth-order valence-electron chi connectivity index (χ4n) is 4.42. The molecule has 0 saturated carbocycles. The topological polar surface area (TPSA) is 132 Å². The number of carbonyl (C=O) groups is 2. The number of hydrogen-bond acceptors (Lipinski definition) is 6. The van der Waals surface area contributed by atoms with E-state index >= 15 is 4.39 Å². The molecule has 1 aromatic heterocycles. The number of amides is 3. The largest absolute Gasteiger partial charge is 0.415 e. The molecule has 1 saturated heterocycles. The zero-order valence-corrected chi connectivity index (χ0v) is 19.9. The van der Waals surface area contributed by atoms with Gasteiger partial charge in [-0.3, -0.25) is 4.79 Å². The fraction of sp³-hybridized carbons (Fsp3) is 0.304. The van der Waals surface area contributed by atoms with E-state index in [1.165, 1.54) is 24.0 Å². The minimum atomic E-state index is -3.10. The molecule has 0 spiro atoms. The molecule has 0 radical (unpaired) electrons. The van der Waals surface area contributed by atoms with Crippen molar-refractivity contribution in [3.63, 3.8) is 0 Å². The fourth-order valence-corrected chi connectivity index (χ4v) is 6.83. The minimum absolute atomic E-state index is 0.0576. The van der Waals surface area contributed by atoms with Crippen LogP contribution in [0.1, 0.15) is 30.4 Å². The third-order valence-electron chi connectivity index (χ3n) is 5.90. The van der Waals surface area contributed by atoms with Gasteiger partial charge in [-0.05, 0) is 23.3 Å². The van der Waals surface area contributed by atoms with Crippen LogP contribution >= 0.6 is 0 Å². The van der Waals surface area contributed by atoms with E-state index in [9.17, 15) is 22.6 Å². The molecule has 3 aromatic rings. The molecule has 2 atom stereocenters. The number of aromatic nitrogens is 2. The van der Waals surface area contributed by atoms with E-state index in [0.29, 0.717) is 5.56 Å². The van der Waals surface area contributed by atoms with Gasteiger partial charge in [0.2, 0.25) is 5.89 Å². The first-order valence-corrected chi connectivity index (χ1v) is 12.6. The van der Waals surface area contributed by atoms with Crippen molar-refractivity contribution in [2.45, 2.75) is 25.3 Å². The Hall–Kier alpha value is -3.74. The van der Waals surface area contributed by atoms with Crippen LogP contribution in [0.4, 0.5) is 18.0 Å². The molecular weight excluding hydrogens is 499 g/mol. The summed E-state index contributed by atoms with van der Waals surface area (Å²) in [4.78, 5) is 25.6. The highest BCUT2D eigenvalue weighted by Gasteiger charge is 2.47. The van der Waals surface area contributed by atoms with Crippen molar-refractivity contribution in [1.29, 1.82) is 0 Å². The molecule has 2 heterocycles. The number of hydrogen-bond donors (Lipinski definition) is 1. The van der Waals surface area contributed by atoms with E-state index in [-0.39, 0.29) is 41.5 Å². The lowest BCUT2D eigenvalue weighted by Gasteiger charge is -2.47. The van der Waals surface area contributed by atoms with Gasteiger partial charge >= 0.3 is 12.5 Å². The third-order valence-corrected chi connectivity index (χ3v) is 8.24. The summed E-state index contributed by atoms with van der Waals surface area (Å²) in [5.74, 6) is -2.84. The first kappa shape index (κ1) is 25.4. The van der Waals surface area contributed by atoms with Crippen LogP contribution < -0.4 is 5.73 Å². The van der Waals surface area contributed by atoms with Crippen LogP contribution in [0, 0.1) is 5.82 Å². The number of carbonyl (C=O) groups excluding carboxylic acids is 2. The van der Waals surface area contributed by atoms with E-state index < -0.39 is 45.3 Å². The molecule has 0 aliphatic carbocycles. The normalized spacial score (nSPS) is 22.0. The van der Waals surface area contributed by atoms with Crippen molar-refractivity contribution in [1.82, 2.24) is 15.1 Å². The van der Waals surface area contributed by atoms with Crippen LogP contribution in [0.2, 0.25) is 0 Å². The maximum Gasteiger partial charge on any atom is 0.315 e. The SMILES string of the molecule is CC(=O)N=S1(=O)CCN(C(N)=O)C(Cc2ccc(-c3nnc(C(F)F)o3)cc2F)(c2ccccc2)C1. The van der Waals surface area contributed by atoms with Gasteiger partial charge in [0.05, 0.1) is 26.8 Å². The van der Waals surface area contributed by atoms with Gasteiger partial charge in [-0.1, -0.05) is 36.4 Å². The Kier molecular flexibility index (Phi) is 6.85. The second-order valence-electron chi connectivity index (χ2n) is 8.35. The molecule has 190 valence electrons. The van der Waals surface area contributed by atoms with E-state index in [2.05, 4.69) is 14.6 Å². The number of rotatable bonds is 5. The number of urea groups is 1. The summed E-state index contributed by atoms with van der Waals surface area (Å²) < 4.78 is 63.2. The van der Waals surface area contributed by atoms with Crippen LogP contribution in [0.25, 0.3) is 11.5 Å². The highest BCUT2D eigenvalue weighted by atomic mass is 32.2. The maximum absolute atomic E-state index is 15.4. The minimum Gasteiger partial charge on any atom is -0.415 e. The van der Waals surface area contributed by atoms with E-state index in [0.717, 1.165) is 6.07 Å². The summed E-state index contributed by atoms with van der Waals surface area (Å²) >= 11 is 0. The van der Waals surface area contributed by atoms with Crippen LogP contribution in [0.15, 0.2) is 57.3 Å². The summed E-state index contributed by atoms with van der Waals surface area (Å²) in [5.41, 5.74) is 5.06. The first-order valence-electron chi connectivity index (χ1n) is 10.8. The zero-order valence-electron chi connectivity index (χ0n) is 19.1. The predicted molar refractivity (Wildman–Crippen MR) is 124 cm³/mol. The Morgan fingerprint density at radius 1 is 1.22 bits per heavy atom. The summed E-state index contributed by atoms with van der Waals surface area (Å²) in [5, 5.41) is 6.76. The molecular formula is C23H22F3N5O4S. The molecule has 4 rings (SSSR count). The van der Waals surface area contributed by atoms with E-state index in [4.69, 9.17) is 10.2 Å². The van der Waals surface area contributed by atoms with E-state index in [1.807, 2.05) is 0 Å². The van der Waals surface area contributed by atoms with Crippen LogP contribution in [-0.4, -0.2) is 49.3 Å². The smallest absolute Gasteiger partial charge is 0.315 e. The summed E-state index contributed by atoms with van der Waals surface area (Å²) in [6, 6.07) is 11.6. The summed E-state index contributed by atoms with van der Waals surface area (Å²) in [7, 11) is -3.10. The monoisotopic (exact) mass is 521 g/mol. The molecule has 9 nitrogen and oxygen atoms in total. The molecule has 2 unspecified atom stereocenters. The van der Waals surface area contributed by atoms with Crippen LogP contribution in [-0.2, 0) is 26.5 Å². The van der Waals surface area contributed by atoms with Crippen LogP contribution in [0.5, 0.6) is 0 Å². The number of primary amides is 1. The van der Waals surface area contributed by atoms with Gasteiger partial charge in [-0.15, -0.1) is 10.2 Å². The molecule has 1 aliphatic heterocycles. The van der Waals surface area contributed by atoms with Crippen molar-refractivity contribution in [2.24, 2.45) is 10.1 Å². The molecule has 0 bridgehead atoms. The Morgan fingerprint density at radius 2 is 1.94 bits per heavy atom. The second-order valence-corrected chi connectivity index (χ2v) is 10.8. The first-order chi connectivity index (χ1) is 17.0. The van der Waals surface area contributed by atoms with Gasteiger partial charge in [-0.2, -0.15) is 13.1 Å². The van der Waals surface area contributed by atoms with Gasteiger partial charge in [0.15, 0.2) is 0 Å². The molecule has 36 heavy (non-hydrogen) atoms. The predicted octanol–water partition coefficient (Wildman–Crippen LogP) is 3.66. The average Bonchev–Trinajstić information content (AvgIpc) is 3.31. The van der Waals surface area contributed by atoms with Gasteiger partial charge in [0, 0.05) is 25.5 Å². The standard InChI is InChI=1S/C23H22F3N5O4S/c1-14(32)30-36(34)10-9-31(22(27)33)23(13-36,17-5-3-2-4-6-17)12-16-8-7-15(11-18(16)24)20-28-29-21(35-20)19(25)26/h2-8,11,19H,9-10,12-13H2,1H3,(H2,27,33). The number of alkyl halides is 2. The second kappa shape index (κ2) is 9.72. The quantitative estimate of drug-likeness (QED) is 0.545. The number of benzene rings is 2. The Labute approximate surface area is 204 Å². The lowest BCUT2D eigenvalue weighted by Crippen LogP contribution is -2.61. The molecule has 2 N–H and O–H groups in total. The number of nitrogens with two attached hydrogens (primary N) is 1. The van der Waals surface area contributed by atoms with Gasteiger partial charge in [0.25, 0.3) is 11.8 Å². The molecule has 1 aliphatic rings. The summed E-state index contributed by atoms with van der Waals surface area (Å²) in [6.07, 6.45) is -3.12.